The standard InChI is InChI=1S/C11H12N2O2/c12-6-8-1-2-10(13)11(5-8)15-9-3-4-14-7-9/h1-2,5,9H,3-4,7,13H2. The second kappa shape index (κ2) is 4.20. The number of ether oxygens (including phenoxy) is 2. The van der Waals surface area contributed by atoms with Crippen LogP contribution in [0, 0.1) is 11.3 Å². The zero-order valence-electron chi connectivity index (χ0n) is 8.27. The molecule has 15 heavy (non-hydrogen) atoms. The number of nitrogens with zero attached hydrogens (tertiary/aromatic N) is 1. The molecule has 0 radical (unpaired) electrons. The normalized spacial score (nSPS) is 19.8. The smallest absolute Gasteiger partial charge is 0.144 e. The molecule has 1 atom stereocenters. The van der Waals surface area contributed by atoms with Gasteiger partial charge in [-0.15, -0.1) is 0 Å². The maximum atomic E-state index is 8.74. The molecule has 4 nitrogen and oxygen atoms in total. The topological polar surface area (TPSA) is 68.3 Å². The Morgan fingerprint density at radius 3 is 3.07 bits per heavy atom. The summed E-state index contributed by atoms with van der Waals surface area (Å²) in [5.74, 6) is 0.574. The summed E-state index contributed by atoms with van der Waals surface area (Å²) in [6, 6.07) is 7.07. The fourth-order valence-electron chi connectivity index (χ4n) is 1.49. The number of nitrogen functional groups attached to an aromatic ring is 1. The van der Waals surface area contributed by atoms with Gasteiger partial charge < -0.3 is 15.2 Å². The number of hydrogen-bond acceptors (Lipinski definition) is 4. The lowest BCUT2D eigenvalue weighted by molar-refractivity contribution is 0.142. The van der Waals surface area contributed by atoms with Crippen LogP contribution < -0.4 is 10.5 Å². The van der Waals surface area contributed by atoms with Crippen molar-refractivity contribution in [2.24, 2.45) is 0 Å². The molecule has 4 heteroatoms. The predicted molar refractivity (Wildman–Crippen MR) is 55.4 cm³/mol. The third-order valence-electron chi connectivity index (χ3n) is 2.32. The molecule has 0 amide bonds. The van der Waals surface area contributed by atoms with Gasteiger partial charge in [-0.3, -0.25) is 0 Å². The van der Waals surface area contributed by atoms with Gasteiger partial charge in [0.25, 0.3) is 0 Å². The molecular weight excluding hydrogens is 192 g/mol. The second-order valence-electron chi connectivity index (χ2n) is 3.47. The fourth-order valence-corrected chi connectivity index (χ4v) is 1.49. The summed E-state index contributed by atoms with van der Waals surface area (Å²) in [5.41, 5.74) is 6.86. The zero-order valence-corrected chi connectivity index (χ0v) is 8.27. The van der Waals surface area contributed by atoms with Crippen LogP contribution in [-0.4, -0.2) is 19.3 Å². The van der Waals surface area contributed by atoms with Crippen LogP contribution in [0.3, 0.4) is 0 Å². The van der Waals surface area contributed by atoms with Crippen molar-refractivity contribution in [1.29, 1.82) is 5.26 Å². The molecule has 78 valence electrons. The van der Waals surface area contributed by atoms with Gasteiger partial charge in [0.1, 0.15) is 11.9 Å². The number of anilines is 1. The molecule has 1 aliphatic heterocycles. The lowest BCUT2D eigenvalue weighted by Gasteiger charge is -2.13. The van der Waals surface area contributed by atoms with E-state index < -0.39 is 0 Å². The summed E-state index contributed by atoms with van der Waals surface area (Å²) in [7, 11) is 0. The van der Waals surface area contributed by atoms with E-state index in [1.807, 2.05) is 0 Å². The predicted octanol–water partition coefficient (Wildman–Crippen LogP) is 1.31. The maximum absolute atomic E-state index is 8.74. The van der Waals surface area contributed by atoms with E-state index in [1.54, 1.807) is 18.2 Å². The highest BCUT2D eigenvalue weighted by Crippen LogP contribution is 2.25. The molecule has 2 N–H and O–H groups in total. The highest BCUT2D eigenvalue weighted by atomic mass is 16.5. The van der Waals surface area contributed by atoms with Crippen molar-refractivity contribution in [3.63, 3.8) is 0 Å². The first-order valence-electron chi connectivity index (χ1n) is 4.83. The minimum Gasteiger partial charge on any atom is -0.486 e. The molecular formula is C11H12N2O2. The van der Waals surface area contributed by atoms with Crippen molar-refractivity contribution < 1.29 is 9.47 Å². The number of nitriles is 1. The van der Waals surface area contributed by atoms with Crippen LogP contribution in [0.15, 0.2) is 18.2 Å². The molecule has 1 unspecified atom stereocenters. The molecule has 1 aromatic rings. The monoisotopic (exact) mass is 204 g/mol. The molecule has 0 spiro atoms. The van der Waals surface area contributed by atoms with E-state index in [-0.39, 0.29) is 6.10 Å². The van der Waals surface area contributed by atoms with E-state index in [9.17, 15) is 0 Å². The van der Waals surface area contributed by atoms with E-state index in [0.717, 1.165) is 13.0 Å². The van der Waals surface area contributed by atoms with Crippen molar-refractivity contribution in [3.05, 3.63) is 23.8 Å². The number of nitrogens with two attached hydrogens (primary N) is 1. The van der Waals surface area contributed by atoms with Gasteiger partial charge in [0, 0.05) is 12.5 Å². The van der Waals surface area contributed by atoms with Crippen molar-refractivity contribution in [3.8, 4) is 11.8 Å². The van der Waals surface area contributed by atoms with Crippen LogP contribution in [0.4, 0.5) is 5.69 Å². The molecule has 0 aliphatic carbocycles. The molecule has 1 saturated heterocycles. The van der Waals surface area contributed by atoms with Crippen molar-refractivity contribution in [1.82, 2.24) is 0 Å². The van der Waals surface area contributed by atoms with Gasteiger partial charge >= 0.3 is 0 Å². The summed E-state index contributed by atoms with van der Waals surface area (Å²) in [6.07, 6.45) is 0.928. The SMILES string of the molecule is N#Cc1ccc(N)c(OC2CCOC2)c1. The average molecular weight is 204 g/mol. The summed E-state index contributed by atoms with van der Waals surface area (Å²) in [5, 5.41) is 8.74. The molecule has 1 fully saturated rings. The largest absolute Gasteiger partial charge is 0.486 e. The Kier molecular flexibility index (Phi) is 2.75. The van der Waals surface area contributed by atoms with Crippen molar-refractivity contribution in [2.75, 3.05) is 18.9 Å². The van der Waals surface area contributed by atoms with E-state index in [0.29, 0.717) is 23.6 Å². The van der Waals surface area contributed by atoms with Crippen LogP contribution in [0.5, 0.6) is 5.75 Å². The Hall–Kier alpha value is -1.73. The van der Waals surface area contributed by atoms with Crippen molar-refractivity contribution in [2.45, 2.75) is 12.5 Å². The summed E-state index contributed by atoms with van der Waals surface area (Å²) in [6.45, 7) is 1.32. The Balaban J connectivity index is 2.15. The summed E-state index contributed by atoms with van der Waals surface area (Å²) >= 11 is 0. The molecule has 0 saturated carbocycles. The molecule has 0 aromatic heterocycles. The van der Waals surface area contributed by atoms with Crippen molar-refractivity contribution >= 4 is 5.69 Å². The minimum absolute atomic E-state index is 0.0567. The summed E-state index contributed by atoms with van der Waals surface area (Å²) < 4.78 is 10.8. The Morgan fingerprint density at radius 2 is 2.40 bits per heavy atom. The van der Waals surface area contributed by atoms with Gasteiger partial charge in [-0.1, -0.05) is 0 Å². The highest BCUT2D eigenvalue weighted by Gasteiger charge is 2.18. The Labute approximate surface area is 88.2 Å². The highest BCUT2D eigenvalue weighted by molar-refractivity contribution is 5.56. The molecule has 1 heterocycles. The number of hydrogen-bond donors (Lipinski definition) is 1. The minimum atomic E-state index is 0.0567. The van der Waals surface area contributed by atoms with Gasteiger partial charge in [0.05, 0.1) is 30.5 Å². The zero-order chi connectivity index (χ0) is 10.7. The first-order chi connectivity index (χ1) is 7.29. The quantitative estimate of drug-likeness (QED) is 0.737. The second-order valence-corrected chi connectivity index (χ2v) is 3.47. The van der Waals surface area contributed by atoms with Gasteiger partial charge in [-0.25, -0.2) is 0 Å². The van der Waals surface area contributed by atoms with E-state index >= 15 is 0 Å². The molecule has 1 aromatic carbocycles. The van der Waals surface area contributed by atoms with Crippen LogP contribution in [0.25, 0.3) is 0 Å². The van der Waals surface area contributed by atoms with E-state index in [2.05, 4.69) is 6.07 Å². The Bertz CT molecular complexity index is 392. The van der Waals surface area contributed by atoms with Crippen LogP contribution >= 0.6 is 0 Å². The molecule has 0 bridgehead atoms. The van der Waals surface area contributed by atoms with Gasteiger partial charge in [-0.2, -0.15) is 5.26 Å². The maximum Gasteiger partial charge on any atom is 0.144 e. The Morgan fingerprint density at radius 1 is 1.53 bits per heavy atom. The molecule has 2 rings (SSSR count). The molecule has 1 aliphatic rings. The lowest BCUT2D eigenvalue weighted by atomic mass is 10.2. The van der Waals surface area contributed by atoms with Crippen LogP contribution in [0.2, 0.25) is 0 Å². The fraction of sp³-hybridized carbons (Fsp3) is 0.364. The van der Waals surface area contributed by atoms with Gasteiger partial charge in [0.2, 0.25) is 0 Å². The number of rotatable bonds is 2. The van der Waals surface area contributed by atoms with Crippen LogP contribution in [0.1, 0.15) is 12.0 Å². The van der Waals surface area contributed by atoms with Gasteiger partial charge in [0.15, 0.2) is 0 Å². The first-order valence-corrected chi connectivity index (χ1v) is 4.83. The lowest BCUT2D eigenvalue weighted by Crippen LogP contribution is -2.16. The van der Waals surface area contributed by atoms with E-state index in [4.69, 9.17) is 20.5 Å². The van der Waals surface area contributed by atoms with E-state index in [1.165, 1.54) is 0 Å². The van der Waals surface area contributed by atoms with Gasteiger partial charge in [-0.05, 0) is 12.1 Å². The average Bonchev–Trinajstić information content (AvgIpc) is 2.74. The third-order valence-corrected chi connectivity index (χ3v) is 2.32. The first kappa shape index (κ1) is 9.81. The van der Waals surface area contributed by atoms with Crippen LogP contribution in [-0.2, 0) is 4.74 Å². The summed E-state index contributed by atoms with van der Waals surface area (Å²) in [4.78, 5) is 0. The number of benzene rings is 1. The third kappa shape index (κ3) is 2.20.